The largest absolute Gasteiger partial charge is 0.491 e. The Labute approximate surface area is 204 Å². The van der Waals surface area contributed by atoms with Gasteiger partial charge >= 0.3 is 6.18 Å². The van der Waals surface area contributed by atoms with Crippen LogP contribution in [0.15, 0.2) is 30.3 Å². The Morgan fingerprint density at radius 2 is 1.91 bits per heavy atom. The van der Waals surface area contributed by atoms with E-state index in [0.29, 0.717) is 11.0 Å². The van der Waals surface area contributed by atoms with Crippen molar-refractivity contribution in [3.8, 4) is 11.6 Å². The smallest absolute Gasteiger partial charge is 0.392 e. The molecule has 33 heavy (non-hydrogen) atoms. The molecule has 6 nitrogen and oxygen atoms in total. The molecule has 1 saturated carbocycles. The second-order valence-electron chi connectivity index (χ2n) is 8.52. The molecule has 0 unspecified atom stereocenters. The van der Waals surface area contributed by atoms with Crippen LogP contribution in [0.5, 0.6) is 11.6 Å². The van der Waals surface area contributed by atoms with E-state index in [0.717, 1.165) is 35.2 Å². The highest BCUT2D eigenvalue weighted by Crippen LogP contribution is 2.54. The van der Waals surface area contributed by atoms with E-state index in [1.807, 2.05) is 12.1 Å². The van der Waals surface area contributed by atoms with E-state index in [1.54, 1.807) is 6.07 Å². The molecule has 1 aliphatic heterocycles. The van der Waals surface area contributed by atoms with Gasteiger partial charge in [0.1, 0.15) is 5.82 Å². The summed E-state index contributed by atoms with van der Waals surface area (Å²) in [5.41, 5.74) is 1.93. The van der Waals surface area contributed by atoms with Gasteiger partial charge in [-0.3, -0.25) is 4.79 Å². The van der Waals surface area contributed by atoms with Gasteiger partial charge in [0.05, 0.1) is 31.4 Å². The SMILES string of the molecule is COc1ccc(NC(=O)c2ccc(I)cc2N2CCC3(CC2)CC3)nc1OCCC(F)(F)F. The summed E-state index contributed by atoms with van der Waals surface area (Å²) in [5.74, 6) is -0.0875. The van der Waals surface area contributed by atoms with Crippen molar-refractivity contribution >= 4 is 40.0 Å². The molecule has 1 amide bonds. The van der Waals surface area contributed by atoms with Crippen LogP contribution in [0, 0.1) is 8.99 Å². The van der Waals surface area contributed by atoms with Crippen LogP contribution < -0.4 is 19.7 Å². The zero-order valence-electron chi connectivity index (χ0n) is 18.2. The van der Waals surface area contributed by atoms with Gasteiger partial charge in [-0.15, -0.1) is 0 Å². The van der Waals surface area contributed by atoms with E-state index in [1.165, 1.54) is 32.1 Å². The fourth-order valence-corrected chi connectivity index (χ4v) is 4.54. The maximum absolute atomic E-state index is 13.1. The number of hydrogen-bond acceptors (Lipinski definition) is 5. The van der Waals surface area contributed by atoms with Gasteiger partial charge in [-0.1, -0.05) is 0 Å². The number of nitrogens with zero attached hydrogens (tertiary/aromatic N) is 2. The van der Waals surface area contributed by atoms with Crippen molar-refractivity contribution in [3.63, 3.8) is 0 Å². The number of rotatable bonds is 7. The quantitative estimate of drug-likeness (QED) is 0.432. The van der Waals surface area contributed by atoms with Gasteiger partial charge in [0.2, 0.25) is 0 Å². The fourth-order valence-electron chi connectivity index (χ4n) is 4.06. The van der Waals surface area contributed by atoms with E-state index in [2.05, 4.69) is 37.8 Å². The monoisotopic (exact) mass is 575 g/mol. The summed E-state index contributed by atoms with van der Waals surface area (Å²) in [6.07, 6.45) is -0.574. The molecule has 4 rings (SSSR count). The molecule has 1 N–H and O–H groups in total. The summed E-state index contributed by atoms with van der Waals surface area (Å²) in [6.45, 7) is 1.23. The normalized spacial score (nSPS) is 17.1. The van der Waals surface area contributed by atoms with E-state index in [-0.39, 0.29) is 23.4 Å². The maximum atomic E-state index is 13.1. The maximum Gasteiger partial charge on any atom is 0.392 e. The van der Waals surface area contributed by atoms with Gasteiger partial charge in [0.15, 0.2) is 5.75 Å². The average molecular weight is 575 g/mol. The highest BCUT2D eigenvalue weighted by atomic mass is 127. The lowest BCUT2D eigenvalue weighted by molar-refractivity contribution is -0.139. The Morgan fingerprint density at radius 3 is 2.55 bits per heavy atom. The molecule has 2 aliphatic rings. The number of piperidine rings is 1. The van der Waals surface area contributed by atoms with Crippen molar-refractivity contribution in [1.82, 2.24) is 4.98 Å². The number of amides is 1. The molecular weight excluding hydrogens is 550 g/mol. The first-order valence-electron chi connectivity index (χ1n) is 10.8. The lowest BCUT2D eigenvalue weighted by Crippen LogP contribution is -2.35. The van der Waals surface area contributed by atoms with Gasteiger partial charge in [-0.2, -0.15) is 18.2 Å². The zero-order valence-corrected chi connectivity index (χ0v) is 20.3. The minimum Gasteiger partial charge on any atom is -0.491 e. The number of pyridine rings is 1. The van der Waals surface area contributed by atoms with Crippen LogP contribution >= 0.6 is 22.6 Å². The van der Waals surface area contributed by atoms with Crippen molar-refractivity contribution in [3.05, 3.63) is 39.5 Å². The molecule has 1 aromatic heterocycles. The standard InChI is InChI=1S/C23H25F3IN3O3/c1-32-18-4-5-19(29-21(18)33-13-10-23(24,25)26)28-20(31)16-3-2-15(27)14-17(16)30-11-8-22(6-7-22)9-12-30/h2-5,14H,6-13H2,1H3,(H,28,29,31). The first-order chi connectivity index (χ1) is 15.7. The number of carbonyl (C=O) groups is 1. The summed E-state index contributed by atoms with van der Waals surface area (Å²) in [7, 11) is 1.37. The molecule has 2 fully saturated rings. The Hall–Kier alpha value is -2.24. The summed E-state index contributed by atoms with van der Waals surface area (Å²) in [5, 5.41) is 2.75. The molecular formula is C23H25F3IN3O3. The van der Waals surface area contributed by atoms with Crippen LogP contribution in [0.25, 0.3) is 0 Å². The summed E-state index contributed by atoms with van der Waals surface area (Å²) in [6, 6.07) is 8.70. The van der Waals surface area contributed by atoms with E-state index in [9.17, 15) is 18.0 Å². The first kappa shape index (κ1) is 23.9. The lowest BCUT2D eigenvalue weighted by atomic mass is 9.93. The Bertz CT molecular complexity index is 1020. The van der Waals surface area contributed by atoms with E-state index < -0.39 is 19.2 Å². The van der Waals surface area contributed by atoms with Gasteiger partial charge in [0, 0.05) is 16.7 Å². The number of nitrogens with one attached hydrogen (secondary N) is 1. The van der Waals surface area contributed by atoms with E-state index in [4.69, 9.17) is 9.47 Å². The Kier molecular flexibility index (Phi) is 6.92. The zero-order chi connectivity index (χ0) is 23.6. The third kappa shape index (κ3) is 6.01. The highest BCUT2D eigenvalue weighted by Gasteiger charge is 2.44. The predicted molar refractivity (Wildman–Crippen MR) is 127 cm³/mol. The van der Waals surface area contributed by atoms with Crippen LogP contribution in [0.2, 0.25) is 0 Å². The first-order valence-corrected chi connectivity index (χ1v) is 11.9. The molecule has 2 aromatic rings. The summed E-state index contributed by atoms with van der Waals surface area (Å²) < 4.78 is 48.7. The van der Waals surface area contributed by atoms with Crippen LogP contribution in [-0.4, -0.2) is 43.9 Å². The van der Waals surface area contributed by atoms with Gasteiger partial charge in [-0.25, -0.2) is 0 Å². The molecule has 1 saturated heterocycles. The molecule has 1 aliphatic carbocycles. The molecule has 1 spiro atoms. The van der Waals surface area contributed by atoms with E-state index >= 15 is 0 Å². The third-order valence-electron chi connectivity index (χ3n) is 6.24. The molecule has 0 atom stereocenters. The molecule has 178 valence electrons. The predicted octanol–water partition coefficient (Wildman–Crippen LogP) is 5.66. The van der Waals surface area contributed by atoms with Crippen LogP contribution in [-0.2, 0) is 0 Å². The van der Waals surface area contributed by atoms with Crippen molar-refractivity contribution in [2.24, 2.45) is 5.41 Å². The number of halogens is 4. The number of anilines is 2. The number of hydrogen-bond donors (Lipinski definition) is 1. The number of aromatic nitrogens is 1. The van der Waals surface area contributed by atoms with Gasteiger partial charge < -0.3 is 19.7 Å². The average Bonchev–Trinajstić information content (AvgIpc) is 3.52. The highest BCUT2D eigenvalue weighted by molar-refractivity contribution is 14.1. The minimum atomic E-state index is -4.34. The number of carbonyl (C=O) groups excluding carboxylic acids is 1. The van der Waals surface area contributed by atoms with Gasteiger partial charge in [0.25, 0.3) is 11.8 Å². The second kappa shape index (κ2) is 9.55. The number of alkyl halides is 3. The van der Waals surface area contributed by atoms with Gasteiger partial charge in [-0.05, 0) is 84.0 Å². The number of methoxy groups -OCH3 is 1. The third-order valence-corrected chi connectivity index (χ3v) is 6.91. The molecule has 0 bridgehead atoms. The molecule has 0 radical (unpaired) electrons. The second-order valence-corrected chi connectivity index (χ2v) is 9.77. The molecule has 1 aromatic carbocycles. The Morgan fingerprint density at radius 1 is 1.18 bits per heavy atom. The van der Waals surface area contributed by atoms with Crippen LogP contribution in [0.1, 0.15) is 42.5 Å². The van der Waals surface area contributed by atoms with Crippen molar-refractivity contribution in [2.45, 2.75) is 38.3 Å². The van der Waals surface area contributed by atoms with Crippen molar-refractivity contribution in [1.29, 1.82) is 0 Å². The number of ether oxygens (including phenoxy) is 2. The van der Waals surface area contributed by atoms with Crippen LogP contribution in [0.4, 0.5) is 24.7 Å². The van der Waals surface area contributed by atoms with Crippen molar-refractivity contribution < 1.29 is 27.4 Å². The lowest BCUT2D eigenvalue weighted by Gasteiger charge is -2.35. The summed E-state index contributed by atoms with van der Waals surface area (Å²) >= 11 is 2.23. The summed E-state index contributed by atoms with van der Waals surface area (Å²) in [4.78, 5) is 19.6. The topological polar surface area (TPSA) is 63.7 Å². The fraction of sp³-hybridized carbons (Fsp3) is 0.478. The number of benzene rings is 1. The Balaban J connectivity index is 1.49. The molecule has 2 heterocycles. The van der Waals surface area contributed by atoms with Crippen molar-refractivity contribution in [2.75, 3.05) is 37.0 Å². The molecule has 10 heteroatoms. The minimum absolute atomic E-state index is 0.104. The van der Waals surface area contributed by atoms with Crippen LogP contribution in [0.3, 0.4) is 0 Å².